The molecular formula is C15H18F2N2S. The van der Waals surface area contributed by atoms with E-state index in [1.807, 2.05) is 42.6 Å². The summed E-state index contributed by atoms with van der Waals surface area (Å²) in [4.78, 5) is 4.46. The van der Waals surface area contributed by atoms with Gasteiger partial charge in [-0.1, -0.05) is 37.3 Å². The summed E-state index contributed by atoms with van der Waals surface area (Å²) >= 11 is 1.44. The van der Waals surface area contributed by atoms with Crippen molar-refractivity contribution in [3.8, 4) is 11.3 Å². The van der Waals surface area contributed by atoms with Crippen molar-refractivity contribution in [2.75, 3.05) is 6.54 Å². The Morgan fingerprint density at radius 3 is 2.65 bits per heavy atom. The van der Waals surface area contributed by atoms with Gasteiger partial charge in [-0.05, 0) is 13.0 Å². The fraction of sp³-hybridized carbons (Fsp3) is 0.400. The van der Waals surface area contributed by atoms with Crippen molar-refractivity contribution in [3.05, 3.63) is 40.7 Å². The number of alkyl halides is 2. The van der Waals surface area contributed by atoms with Crippen molar-refractivity contribution in [2.24, 2.45) is 0 Å². The molecule has 0 radical (unpaired) electrons. The molecule has 20 heavy (non-hydrogen) atoms. The molecule has 0 fully saturated rings. The van der Waals surface area contributed by atoms with Crippen molar-refractivity contribution >= 4 is 11.3 Å². The molecule has 0 aliphatic rings. The van der Waals surface area contributed by atoms with Crippen LogP contribution in [0.25, 0.3) is 11.3 Å². The average Bonchev–Trinajstić information content (AvgIpc) is 2.92. The number of hydrogen-bond donors (Lipinski definition) is 1. The van der Waals surface area contributed by atoms with Gasteiger partial charge in [-0.2, -0.15) is 0 Å². The molecule has 0 saturated heterocycles. The Morgan fingerprint density at radius 1 is 1.25 bits per heavy atom. The topological polar surface area (TPSA) is 24.9 Å². The minimum Gasteiger partial charge on any atom is -0.309 e. The molecule has 0 saturated carbocycles. The zero-order valence-corrected chi connectivity index (χ0v) is 12.2. The summed E-state index contributed by atoms with van der Waals surface area (Å²) < 4.78 is 25.9. The lowest BCUT2D eigenvalue weighted by atomic mass is 10.2. The van der Waals surface area contributed by atoms with E-state index in [0.29, 0.717) is 6.54 Å². The second-order valence-electron chi connectivity index (χ2n) is 4.59. The SMILES string of the molecule is CCCNC(Cc1nc(-c2ccccc2)cs1)C(F)F. The Bertz CT molecular complexity index is 514. The Hall–Kier alpha value is -1.33. The minimum absolute atomic E-state index is 0.273. The van der Waals surface area contributed by atoms with Crippen LogP contribution >= 0.6 is 11.3 Å². The first-order valence-corrected chi connectivity index (χ1v) is 7.60. The summed E-state index contributed by atoms with van der Waals surface area (Å²) in [7, 11) is 0. The molecule has 1 heterocycles. The van der Waals surface area contributed by atoms with Crippen LogP contribution < -0.4 is 5.32 Å². The molecule has 1 aromatic heterocycles. The number of aromatic nitrogens is 1. The van der Waals surface area contributed by atoms with Crippen molar-refractivity contribution < 1.29 is 8.78 Å². The standard InChI is InChI=1S/C15H18F2N2S/c1-2-8-18-12(15(16)17)9-14-19-13(10-20-14)11-6-4-3-5-7-11/h3-7,10,12,15,18H,2,8-9H2,1H3. The molecule has 2 nitrogen and oxygen atoms in total. The first-order valence-electron chi connectivity index (χ1n) is 6.72. The molecule has 0 amide bonds. The van der Waals surface area contributed by atoms with Crippen molar-refractivity contribution in [1.29, 1.82) is 0 Å². The van der Waals surface area contributed by atoms with E-state index in [2.05, 4.69) is 10.3 Å². The molecule has 0 aliphatic carbocycles. The number of benzene rings is 1. The molecular weight excluding hydrogens is 278 g/mol. The van der Waals surface area contributed by atoms with E-state index in [0.717, 1.165) is 22.7 Å². The van der Waals surface area contributed by atoms with Gasteiger partial charge in [-0.3, -0.25) is 0 Å². The third-order valence-corrected chi connectivity index (χ3v) is 3.85. The van der Waals surface area contributed by atoms with Gasteiger partial charge in [0.05, 0.1) is 16.7 Å². The molecule has 0 bridgehead atoms. The molecule has 2 aromatic rings. The second-order valence-corrected chi connectivity index (χ2v) is 5.53. The highest BCUT2D eigenvalue weighted by atomic mass is 32.1. The summed E-state index contributed by atoms with van der Waals surface area (Å²) in [5.41, 5.74) is 1.87. The van der Waals surface area contributed by atoms with Crippen LogP contribution in [0, 0.1) is 0 Å². The van der Waals surface area contributed by atoms with Gasteiger partial charge in [0.2, 0.25) is 0 Å². The maximum atomic E-state index is 13.0. The fourth-order valence-corrected chi connectivity index (χ4v) is 2.78. The highest BCUT2D eigenvalue weighted by Crippen LogP contribution is 2.23. The van der Waals surface area contributed by atoms with Crippen molar-refractivity contribution in [3.63, 3.8) is 0 Å². The third kappa shape index (κ3) is 4.08. The molecule has 1 N–H and O–H groups in total. The van der Waals surface area contributed by atoms with Crippen molar-refractivity contribution in [2.45, 2.75) is 32.2 Å². The van der Waals surface area contributed by atoms with Crippen LogP contribution in [0.2, 0.25) is 0 Å². The lowest BCUT2D eigenvalue weighted by Crippen LogP contribution is -2.37. The van der Waals surface area contributed by atoms with E-state index >= 15 is 0 Å². The van der Waals surface area contributed by atoms with Crippen LogP contribution in [0.15, 0.2) is 35.7 Å². The van der Waals surface area contributed by atoms with Gasteiger partial charge in [0.15, 0.2) is 0 Å². The van der Waals surface area contributed by atoms with Gasteiger partial charge in [-0.15, -0.1) is 11.3 Å². The summed E-state index contributed by atoms with van der Waals surface area (Å²) in [5.74, 6) is 0. The highest BCUT2D eigenvalue weighted by Gasteiger charge is 2.21. The number of thiazole rings is 1. The lowest BCUT2D eigenvalue weighted by Gasteiger charge is -2.15. The van der Waals surface area contributed by atoms with E-state index in [9.17, 15) is 8.78 Å². The van der Waals surface area contributed by atoms with Gasteiger partial charge < -0.3 is 5.32 Å². The van der Waals surface area contributed by atoms with Crippen LogP contribution in [0.5, 0.6) is 0 Å². The number of nitrogens with one attached hydrogen (secondary N) is 1. The summed E-state index contributed by atoms with van der Waals surface area (Å²) in [6, 6.07) is 8.96. The Morgan fingerprint density at radius 2 is 2.00 bits per heavy atom. The zero-order valence-electron chi connectivity index (χ0n) is 11.4. The molecule has 0 spiro atoms. The van der Waals surface area contributed by atoms with Gasteiger partial charge in [-0.25, -0.2) is 13.8 Å². The maximum absolute atomic E-state index is 13.0. The molecule has 1 aromatic carbocycles. The zero-order chi connectivity index (χ0) is 14.4. The molecule has 1 unspecified atom stereocenters. The molecule has 0 aliphatic heterocycles. The summed E-state index contributed by atoms with van der Waals surface area (Å²) in [6.45, 7) is 2.57. The van der Waals surface area contributed by atoms with Gasteiger partial charge in [0, 0.05) is 17.4 Å². The lowest BCUT2D eigenvalue weighted by molar-refractivity contribution is 0.0983. The predicted molar refractivity (Wildman–Crippen MR) is 79.3 cm³/mol. The van der Waals surface area contributed by atoms with Crippen LogP contribution in [0.4, 0.5) is 8.78 Å². The first-order chi connectivity index (χ1) is 9.70. The molecule has 1 atom stereocenters. The Balaban J connectivity index is 2.04. The van der Waals surface area contributed by atoms with Gasteiger partial charge in [0.1, 0.15) is 0 Å². The monoisotopic (exact) mass is 296 g/mol. The number of rotatable bonds is 7. The molecule has 108 valence electrons. The Labute approximate surface area is 121 Å². The summed E-state index contributed by atoms with van der Waals surface area (Å²) in [5, 5.41) is 5.55. The van der Waals surface area contributed by atoms with Gasteiger partial charge >= 0.3 is 0 Å². The third-order valence-electron chi connectivity index (χ3n) is 2.98. The largest absolute Gasteiger partial charge is 0.309 e. The average molecular weight is 296 g/mol. The Kier molecular flexibility index (Phi) is 5.61. The smallest absolute Gasteiger partial charge is 0.254 e. The number of hydrogen-bond acceptors (Lipinski definition) is 3. The van der Waals surface area contributed by atoms with Crippen LogP contribution in [-0.4, -0.2) is 24.0 Å². The quantitative estimate of drug-likeness (QED) is 0.836. The number of nitrogens with zero attached hydrogens (tertiary/aromatic N) is 1. The number of halogens is 2. The minimum atomic E-state index is -2.37. The molecule has 5 heteroatoms. The van der Waals surface area contributed by atoms with E-state index in [4.69, 9.17) is 0 Å². The summed E-state index contributed by atoms with van der Waals surface area (Å²) in [6.07, 6.45) is -1.25. The van der Waals surface area contributed by atoms with Crippen LogP contribution in [0.1, 0.15) is 18.4 Å². The molecule has 2 rings (SSSR count). The normalized spacial score (nSPS) is 12.8. The maximum Gasteiger partial charge on any atom is 0.254 e. The van der Waals surface area contributed by atoms with E-state index < -0.39 is 12.5 Å². The van der Waals surface area contributed by atoms with Crippen molar-refractivity contribution in [1.82, 2.24) is 10.3 Å². The second kappa shape index (κ2) is 7.45. The van der Waals surface area contributed by atoms with Crippen LogP contribution in [0.3, 0.4) is 0 Å². The predicted octanol–water partition coefficient (Wildman–Crippen LogP) is 3.99. The first kappa shape index (κ1) is 15.1. The van der Waals surface area contributed by atoms with Crippen LogP contribution in [-0.2, 0) is 6.42 Å². The van der Waals surface area contributed by atoms with Gasteiger partial charge in [0.25, 0.3) is 6.43 Å². The fourth-order valence-electron chi connectivity index (χ4n) is 1.91. The van der Waals surface area contributed by atoms with E-state index in [-0.39, 0.29) is 6.42 Å². The van der Waals surface area contributed by atoms with E-state index in [1.165, 1.54) is 11.3 Å². The highest BCUT2D eigenvalue weighted by molar-refractivity contribution is 7.09. The van der Waals surface area contributed by atoms with E-state index in [1.54, 1.807) is 0 Å².